The quantitative estimate of drug-likeness (QED) is 0.779. The molecule has 0 spiro atoms. The molecule has 0 bridgehead atoms. The van der Waals surface area contributed by atoms with Crippen LogP contribution in [-0.2, 0) is 13.0 Å². The minimum Gasteiger partial charge on any atom is -0.493 e. The molecule has 0 unspecified atom stereocenters. The van der Waals surface area contributed by atoms with Gasteiger partial charge in [0.25, 0.3) is 5.91 Å². The van der Waals surface area contributed by atoms with Crippen LogP contribution < -0.4 is 10.1 Å². The normalized spacial score (nSPS) is 12.9. The molecule has 22 heavy (non-hydrogen) atoms. The van der Waals surface area contributed by atoms with Crippen molar-refractivity contribution in [3.05, 3.63) is 59.4 Å². The number of benzene rings is 2. The Bertz CT molecular complexity index is 821. The lowest BCUT2D eigenvalue weighted by Gasteiger charge is -2.05. The molecule has 0 saturated heterocycles. The van der Waals surface area contributed by atoms with Crippen LogP contribution in [0.15, 0.2) is 42.5 Å². The Morgan fingerprint density at radius 3 is 3.09 bits per heavy atom. The first-order valence-electron chi connectivity index (χ1n) is 7.27. The highest BCUT2D eigenvalue weighted by Crippen LogP contribution is 2.26. The number of nitrogens with zero attached hydrogens (tertiary/aromatic N) is 1. The zero-order valence-electron chi connectivity index (χ0n) is 11.9. The fraction of sp³-hybridized carbons (Fsp3) is 0.176. The maximum absolute atomic E-state index is 12.2. The molecule has 5 nitrogen and oxygen atoms in total. The first-order valence-corrected chi connectivity index (χ1v) is 7.27. The zero-order chi connectivity index (χ0) is 14.9. The number of aromatic amines is 1. The average molecular weight is 293 g/mol. The summed E-state index contributed by atoms with van der Waals surface area (Å²) >= 11 is 0. The fourth-order valence-electron chi connectivity index (χ4n) is 2.66. The predicted molar refractivity (Wildman–Crippen MR) is 82.9 cm³/mol. The van der Waals surface area contributed by atoms with E-state index < -0.39 is 0 Å². The molecular weight excluding hydrogens is 278 g/mol. The van der Waals surface area contributed by atoms with Crippen LogP contribution >= 0.6 is 0 Å². The van der Waals surface area contributed by atoms with Gasteiger partial charge in [0.1, 0.15) is 11.6 Å². The zero-order valence-corrected chi connectivity index (χ0v) is 11.9. The molecule has 0 saturated carbocycles. The van der Waals surface area contributed by atoms with Crippen molar-refractivity contribution < 1.29 is 9.53 Å². The number of carbonyl (C=O) groups excluding carboxylic acids is 1. The average Bonchev–Trinajstić information content (AvgIpc) is 3.17. The lowest BCUT2D eigenvalue weighted by atomic mass is 10.1. The summed E-state index contributed by atoms with van der Waals surface area (Å²) < 4.78 is 5.49. The molecule has 4 rings (SSSR count). The van der Waals surface area contributed by atoms with Gasteiger partial charge in [-0.2, -0.15) is 0 Å². The first kappa shape index (κ1) is 12.9. The fourth-order valence-corrected chi connectivity index (χ4v) is 2.66. The van der Waals surface area contributed by atoms with E-state index in [0.29, 0.717) is 18.7 Å². The molecule has 2 heterocycles. The number of para-hydroxylation sites is 2. The molecule has 1 aliphatic heterocycles. The molecule has 0 radical (unpaired) electrons. The third-order valence-corrected chi connectivity index (χ3v) is 3.81. The summed E-state index contributed by atoms with van der Waals surface area (Å²) in [5.41, 5.74) is 3.64. The van der Waals surface area contributed by atoms with E-state index >= 15 is 0 Å². The van der Waals surface area contributed by atoms with E-state index in [0.717, 1.165) is 34.6 Å². The Labute approximate surface area is 127 Å². The van der Waals surface area contributed by atoms with E-state index in [2.05, 4.69) is 15.3 Å². The van der Waals surface area contributed by atoms with Crippen molar-refractivity contribution in [3.63, 3.8) is 0 Å². The summed E-state index contributed by atoms with van der Waals surface area (Å²) in [6.45, 7) is 1.06. The highest BCUT2D eigenvalue weighted by molar-refractivity contribution is 5.94. The highest BCUT2D eigenvalue weighted by atomic mass is 16.5. The molecule has 0 aliphatic carbocycles. The number of hydrogen-bond acceptors (Lipinski definition) is 3. The van der Waals surface area contributed by atoms with Gasteiger partial charge in [-0.15, -0.1) is 0 Å². The van der Waals surface area contributed by atoms with Crippen LogP contribution in [0.4, 0.5) is 0 Å². The third-order valence-electron chi connectivity index (χ3n) is 3.81. The van der Waals surface area contributed by atoms with E-state index in [4.69, 9.17) is 4.74 Å². The maximum Gasteiger partial charge on any atom is 0.251 e. The highest BCUT2D eigenvalue weighted by Gasteiger charge is 2.15. The van der Waals surface area contributed by atoms with E-state index in [-0.39, 0.29) is 5.91 Å². The van der Waals surface area contributed by atoms with Gasteiger partial charge < -0.3 is 15.0 Å². The van der Waals surface area contributed by atoms with Crippen LogP contribution in [-0.4, -0.2) is 22.5 Å². The lowest BCUT2D eigenvalue weighted by molar-refractivity contribution is 0.0949. The van der Waals surface area contributed by atoms with Crippen LogP contribution in [0.2, 0.25) is 0 Å². The van der Waals surface area contributed by atoms with Gasteiger partial charge in [0.2, 0.25) is 0 Å². The van der Waals surface area contributed by atoms with E-state index in [1.165, 1.54) is 0 Å². The van der Waals surface area contributed by atoms with Crippen LogP contribution in [0.5, 0.6) is 5.75 Å². The number of amides is 1. The Kier molecular flexibility index (Phi) is 3.04. The second-order valence-corrected chi connectivity index (χ2v) is 5.30. The molecular formula is C17H15N3O2. The van der Waals surface area contributed by atoms with Crippen molar-refractivity contribution in [3.8, 4) is 5.75 Å². The van der Waals surface area contributed by atoms with Crippen LogP contribution in [0.1, 0.15) is 21.7 Å². The number of carbonyl (C=O) groups is 1. The van der Waals surface area contributed by atoms with Gasteiger partial charge in [0.05, 0.1) is 24.2 Å². The number of imidazole rings is 1. The van der Waals surface area contributed by atoms with Crippen LogP contribution in [0, 0.1) is 0 Å². The largest absolute Gasteiger partial charge is 0.493 e. The van der Waals surface area contributed by atoms with Gasteiger partial charge in [-0.3, -0.25) is 4.79 Å². The second-order valence-electron chi connectivity index (χ2n) is 5.30. The number of aromatic nitrogens is 2. The Hall–Kier alpha value is -2.82. The Morgan fingerprint density at radius 2 is 2.18 bits per heavy atom. The molecule has 0 fully saturated rings. The van der Waals surface area contributed by atoms with E-state index in [1.807, 2.05) is 36.4 Å². The smallest absolute Gasteiger partial charge is 0.251 e. The molecule has 1 aliphatic rings. The molecule has 2 N–H and O–H groups in total. The van der Waals surface area contributed by atoms with Gasteiger partial charge in [-0.25, -0.2) is 4.98 Å². The predicted octanol–water partition coefficient (Wildman–Crippen LogP) is 2.43. The molecule has 1 aromatic heterocycles. The van der Waals surface area contributed by atoms with Crippen molar-refractivity contribution in [1.29, 1.82) is 0 Å². The molecule has 2 aromatic carbocycles. The second kappa shape index (κ2) is 5.18. The van der Waals surface area contributed by atoms with Crippen molar-refractivity contribution in [2.45, 2.75) is 13.0 Å². The van der Waals surface area contributed by atoms with Crippen molar-refractivity contribution >= 4 is 16.9 Å². The number of H-pyrrole nitrogens is 1. The Balaban J connectivity index is 1.47. The summed E-state index contributed by atoms with van der Waals surface area (Å²) in [4.78, 5) is 19.9. The molecule has 110 valence electrons. The number of ether oxygens (including phenoxy) is 1. The molecule has 0 atom stereocenters. The summed E-state index contributed by atoms with van der Waals surface area (Å²) in [5, 5.41) is 2.88. The van der Waals surface area contributed by atoms with Crippen LogP contribution in [0.3, 0.4) is 0 Å². The number of nitrogens with one attached hydrogen (secondary N) is 2. The third kappa shape index (κ3) is 2.30. The van der Waals surface area contributed by atoms with Gasteiger partial charge in [-0.1, -0.05) is 18.2 Å². The summed E-state index contributed by atoms with van der Waals surface area (Å²) in [5.74, 6) is 1.43. The number of hydrogen-bond donors (Lipinski definition) is 2. The van der Waals surface area contributed by atoms with Gasteiger partial charge in [0.15, 0.2) is 0 Å². The minimum absolute atomic E-state index is 0.126. The van der Waals surface area contributed by atoms with Gasteiger partial charge in [-0.05, 0) is 29.8 Å². The number of rotatable bonds is 3. The summed E-state index contributed by atoms with van der Waals surface area (Å²) in [7, 11) is 0. The Morgan fingerprint density at radius 1 is 1.27 bits per heavy atom. The monoisotopic (exact) mass is 293 g/mol. The van der Waals surface area contributed by atoms with Crippen molar-refractivity contribution in [2.24, 2.45) is 0 Å². The lowest BCUT2D eigenvalue weighted by Crippen LogP contribution is -2.23. The molecule has 3 aromatic rings. The minimum atomic E-state index is -0.126. The first-order chi connectivity index (χ1) is 10.8. The molecule has 1 amide bonds. The standard InChI is InChI=1S/C17H15N3O2/c21-17(12-6-5-11-7-8-22-15(11)9-12)18-10-16-19-13-3-1-2-4-14(13)20-16/h1-6,9H,7-8,10H2,(H,18,21)(H,19,20). The van der Waals surface area contributed by atoms with Crippen LogP contribution in [0.25, 0.3) is 11.0 Å². The van der Waals surface area contributed by atoms with Gasteiger partial charge in [0, 0.05) is 12.0 Å². The maximum atomic E-state index is 12.2. The van der Waals surface area contributed by atoms with Gasteiger partial charge >= 0.3 is 0 Å². The van der Waals surface area contributed by atoms with E-state index in [9.17, 15) is 4.79 Å². The summed E-state index contributed by atoms with van der Waals surface area (Å²) in [6.07, 6.45) is 0.913. The molecule has 5 heteroatoms. The number of fused-ring (bicyclic) bond motifs is 2. The van der Waals surface area contributed by atoms with Crippen molar-refractivity contribution in [2.75, 3.05) is 6.61 Å². The summed E-state index contributed by atoms with van der Waals surface area (Å²) in [6, 6.07) is 13.4. The topological polar surface area (TPSA) is 67.0 Å². The van der Waals surface area contributed by atoms with Crippen molar-refractivity contribution in [1.82, 2.24) is 15.3 Å². The SMILES string of the molecule is O=C(NCc1nc2ccccc2[nH]1)c1ccc2c(c1)OCC2. The van der Waals surface area contributed by atoms with E-state index in [1.54, 1.807) is 6.07 Å².